The van der Waals surface area contributed by atoms with E-state index in [1.807, 2.05) is 25.1 Å². The number of rotatable bonds is 1. The molecule has 0 aliphatic carbocycles. The van der Waals surface area contributed by atoms with Crippen LogP contribution in [0.15, 0.2) is 24.4 Å². The van der Waals surface area contributed by atoms with Gasteiger partial charge in [0.1, 0.15) is 6.07 Å². The lowest BCUT2D eigenvalue weighted by atomic mass is 10.1. The zero-order chi connectivity index (χ0) is 11.7. The number of halogens is 2. The second-order valence-electron chi connectivity index (χ2n) is 3.34. The van der Waals surface area contributed by atoms with Crippen LogP contribution < -0.4 is 0 Å². The van der Waals surface area contributed by atoms with Gasteiger partial charge in [0, 0.05) is 22.4 Å². The second kappa shape index (κ2) is 4.17. The second-order valence-corrected chi connectivity index (χ2v) is 4.11. The number of aryl methyl sites for hydroxylation is 1. The van der Waals surface area contributed by atoms with Crippen molar-refractivity contribution in [1.29, 1.82) is 5.26 Å². The molecule has 2 rings (SSSR count). The molecule has 0 saturated heterocycles. The van der Waals surface area contributed by atoms with E-state index in [-0.39, 0.29) is 5.82 Å². The smallest absolute Gasteiger partial charge is 0.228 e. The summed E-state index contributed by atoms with van der Waals surface area (Å²) in [6.45, 7) is 1.92. The van der Waals surface area contributed by atoms with Crippen LogP contribution in [0.4, 0.5) is 0 Å². The first kappa shape index (κ1) is 11.0. The van der Waals surface area contributed by atoms with Crippen LogP contribution in [0.5, 0.6) is 0 Å². The van der Waals surface area contributed by atoms with Crippen LogP contribution >= 0.6 is 23.4 Å². The molecule has 0 fully saturated rings. The first-order valence-electron chi connectivity index (χ1n) is 4.54. The van der Waals surface area contributed by atoms with E-state index in [1.54, 1.807) is 12.3 Å². The molecular formula is C11H7Cl2N3. The third kappa shape index (κ3) is 1.90. The van der Waals surface area contributed by atoms with Crippen LogP contribution in [-0.2, 0) is 0 Å². The molecule has 1 aromatic heterocycles. The van der Waals surface area contributed by atoms with Gasteiger partial charge in [0.25, 0.3) is 0 Å². The number of hydrogen-bond acceptors (Lipinski definition) is 2. The standard InChI is InChI=1S/C11H7Cl2N3/c1-7-2-3-8(4-9(7)12)10-6-16(13)11(5-14)15-10/h2-4,6H,1H3. The van der Waals surface area contributed by atoms with Gasteiger partial charge in [0.05, 0.1) is 11.9 Å². The summed E-state index contributed by atoms with van der Waals surface area (Å²) in [6.07, 6.45) is 1.58. The first-order chi connectivity index (χ1) is 7.61. The van der Waals surface area contributed by atoms with E-state index in [0.717, 1.165) is 11.1 Å². The normalized spacial score (nSPS) is 10.1. The summed E-state index contributed by atoms with van der Waals surface area (Å²) in [5, 5.41) is 9.40. The van der Waals surface area contributed by atoms with Crippen molar-refractivity contribution in [2.45, 2.75) is 6.92 Å². The summed E-state index contributed by atoms with van der Waals surface area (Å²) in [4.78, 5) is 4.08. The Morgan fingerprint density at radius 2 is 2.19 bits per heavy atom. The summed E-state index contributed by atoms with van der Waals surface area (Å²) in [6, 6.07) is 7.49. The number of benzene rings is 1. The van der Waals surface area contributed by atoms with Gasteiger partial charge in [-0.25, -0.2) is 9.07 Å². The topological polar surface area (TPSA) is 41.6 Å². The van der Waals surface area contributed by atoms with E-state index in [9.17, 15) is 0 Å². The lowest BCUT2D eigenvalue weighted by Gasteiger charge is -2.00. The Labute approximate surface area is 103 Å². The molecule has 3 nitrogen and oxygen atoms in total. The third-order valence-corrected chi connectivity index (χ3v) is 2.90. The highest BCUT2D eigenvalue weighted by Gasteiger charge is 2.08. The number of nitrogens with zero attached hydrogens (tertiary/aromatic N) is 3. The zero-order valence-corrected chi connectivity index (χ0v) is 9.92. The molecule has 0 spiro atoms. The van der Waals surface area contributed by atoms with Crippen molar-refractivity contribution in [3.63, 3.8) is 0 Å². The zero-order valence-electron chi connectivity index (χ0n) is 8.41. The maximum absolute atomic E-state index is 8.73. The molecule has 0 aliphatic rings. The van der Waals surface area contributed by atoms with Crippen molar-refractivity contribution in [1.82, 2.24) is 9.07 Å². The van der Waals surface area contributed by atoms with Crippen LogP contribution in [0, 0.1) is 18.3 Å². The predicted molar refractivity (Wildman–Crippen MR) is 63.4 cm³/mol. The van der Waals surface area contributed by atoms with E-state index < -0.39 is 0 Å². The van der Waals surface area contributed by atoms with E-state index in [0.29, 0.717) is 10.7 Å². The first-order valence-corrected chi connectivity index (χ1v) is 5.25. The number of nitriles is 1. The summed E-state index contributed by atoms with van der Waals surface area (Å²) in [5.74, 6) is 0.161. The van der Waals surface area contributed by atoms with Gasteiger partial charge in [0.2, 0.25) is 5.82 Å². The van der Waals surface area contributed by atoms with Gasteiger partial charge in [-0.05, 0) is 18.6 Å². The summed E-state index contributed by atoms with van der Waals surface area (Å²) < 4.78 is 1.17. The fourth-order valence-electron chi connectivity index (χ4n) is 1.32. The predicted octanol–water partition coefficient (Wildman–Crippen LogP) is 3.39. The number of hydrogen-bond donors (Lipinski definition) is 0. The summed E-state index contributed by atoms with van der Waals surface area (Å²) in [5.41, 5.74) is 2.47. The van der Waals surface area contributed by atoms with Gasteiger partial charge in [0.15, 0.2) is 0 Å². The third-order valence-electron chi connectivity index (χ3n) is 2.23. The van der Waals surface area contributed by atoms with Crippen molar-refractivity contribution < 1.29 is 0 Å². The minimum absolute atomic E-state index is 0.161. The van der Waals surface area contributed by atoms with E-state index in [4.69, 9.17) is 28.6 Å². The summed E-state index contributed by atoms with van der Waals surface area (Å²) >= 11 is 11.8. The van der Waals surface area contributed by atoms with Gasteiger partial charge in [-0.1, -0.05) is 23.7 Å². The van der Waals surface area contributed by atoms with E-state index >= 15 is 0 Å². The molecule has 2 aromatic rings. The van der Waals surface area contributed by atoms with E-state index in [1.165, 1.54) is 4.09 Å². The average Bonchev–Trinajstić information content (AvgIpc) is 2.64. The van der Waals surface area contributed by atoms with Crippen LogP contribution in [0.25, 0.3) is 11.3 Å². The molecule has 0 bridgehead atoms. The Hall–Kier alpha value is -1.50. The Morgan fingerprint density at radius 1 is 1.44 bits per heavy atom. The molecule has 0 atom stereocenters. The summed E-state index contributed by atoms with van der Waals surface area (Å²) in [7, 11) is 0. The number of imidazole rings is 1. The quantitative estimate of drug-likeness (QED) is 0.780. The van der Waals surface area contributed by atoms with Gasteiger partial charge < -0.3 is 0 Å². The minimum atomic E-state index is 0.161. The van der Waals surface area contributed by atoms with Crippen molar-refractivity contribution in [2.75, 3.05) is 0 Å². The fourth-order valence-corrected chi connectivity index (χ4v) is 1.67. The van der Waals surface area contributed by atoms with Gasteiger partial charge in [-0.2, -0.15) is 5.26 Å². The molecule has 0 amide bonds. The van der Waals surface area contributed by atoms with Crippen molar-refractivity contribution in [3.8, 4) is 17.3 Å². The van der Waals surface area contributed by atoms with Crippen LogP contribution in [0.3, 0.4) is 0 Å². The molecule has 5 heteroatoms. The molecule has 1 heterocycles. The van der Waals surface area contributed by atoms with Crippen LogP contribution in [-0.4, -0.2) is 9.07 Å². The van der Waals surface area contributed by atoms with Crippen molar-refractivity contribution in [3.05, 3.63) is 40.8 Å². The molecule has 0 aliphatic heterocycles. The Balaban J connectivity index is 2.51. The highest BCUT2D eigenvalue weighted by Crippen LogP contribution is 2.24. The Bertz CT molecular complexity index is 581. The van der Waals surface area contributed by atoms with E-state index in [2.05, 4.69) is 4.98 Å². The molecule has 16 heavy (non-hydrogen) atoms. The monoisotopic (exact) mass is 251 g/mol. The largest absolute Gasteiger partial charge is 0.232 e. The Kier molecular flexibility index (Phi) is 2.86. The average molecular weight is 252 g/mol. The Morgan fingerprint density at radius 3 is 2.75 bits per heavy atom. The maximum atomic E-state index is 8.73. The molecule has 80 valence electrons. The van der Waals surface area contributed by atoms with Gasteiger partial charge in [-0.15, -0.1) is 0 Å². The molecule has 0 saturated carbocycles. The molecular weight excluding hydrogens is 245 g/mol. The van der Waals surface area contributed by atoms with Crippen molar-refractivity contribution >= 4 is 23.4 Å². The van der Waals surface area contributed by atoms with Gasteiger partial charge >= 0.3 is 0 Å². The lowest BCUT2D eigenvalue weighted by Crippen LogP contribution is -1.82. The molecule has 0 unspecified atom stereocenters. The van der Waals surface area contributed by atoms with Crippen LogP contribution in [0.2, 0.25) is 5.02 Å². The highest BCUT2D eigenvalue weighted by molar-refractivity contribution is 6.31. The molecule has 0 N–H and O–H groups in total. The van der Waals surface area contributed by atoms with Gasteiger partial charge in [-0.3, -0.25) is 0 Å². The van der Waals surface area contributed by atoms with Crippen molar-refractivity contribution in [2.24, 2.45) is 0 Å². The highest BCUT2D eigenvalue weighted by atomic mass is 35.5. The fraction of sp³-hybridized carbons (Fsp3) is 0.0909. The number of aromatic nitrogens is 2. The lowest BCUT2D eigenvalue weighted by molar-refractivity contribution is 1.15. The maximum Gasteiger partial charge on any atom is 0.228 e. The minimum Gasteiger partial charge on any atom is -0.232 e. The molecule has 1 aromatic carbocycles. The SMILES string of the molecule is Cc1ccc(-c2cn(Cl)c(C#N)n2)cc1Cl. The van der Waals surface area contributed by atoms with Crippen LogP contribution in [0.1, 0.15) is 11.4 Å². The molecule has 0 radical (unpaired) electrons.